The fraction of sp³-hybridized carbons (Fsp3) is 0.227. The smallest absolute Gasteiger partial charge is 0.227 e. The van der Waals surface area contributed by atoms with Crippen molar-refractivity contribution in [2.24, 2.45) is 0 Å². The first kappa shape index (κ1) is 17.2. The van der Waals surface area contributed by atoms with Crippen molar-refractivity contribution in [2.45, 2.75) is 33.4 Å². The van der Waals surface area contributed by atoms with Crippen LogP contribution in [0.2, 0.25) is 0 Å². The topological polar surface area (TPSA) is 59.7 Å². The van der Waals surface area contributed by atoms with E-state index >= 15 is 0 Å². The largest absolute Gasteiger partial charge is 0.467 e. The Balaban J connectivity index is 1.58. The average molecular weight is 363 g/mol. The second-order valence-electron chi connectivity index (χ2n) is 6.78. The number of carbonyl (C=O) groups excluding carboxylic acids is 1. The normalized spacial score (nSPS) is 11.2. The van der Waals surface area contributed by atoms with E-state index in [0.717, 1.165) is 28.1 Å². The van der Waals surface area contributed by atoms with E-state index in [1.165, 1.54) is 11.1 Å². The lowest BCUT2D eigenvalue weighted by atomic mass is 10.0. The summed E-state index contributed by atoms with van der Waals surface area (Å²) in [6.45, 7) is 4.89. The third-order valence-electron chi connectivity index (χ3n) is 4.82. The van der Waals surface area contributed by atoms with Gasteiger partial charge in [-0.25, -0.2) is 0 Å². The summed E-state index contributed by atoms with van der Waals surface area (Å²) < 4.78 is 16.5. The summed E-state index contributed by atoms with van der Waals surface area (Å²) in [7, 11) is 0. The van der Waals surface area contributed by atoms with E-state index in [1.54, 1.807) is 23.7 Å². The molecule has 1 aromatic carbocycles. The van der Waals surface area contributed by atoms with E-state index in [2.05, 4.69) is 19.9 Å². The van der Waals surface area contributed by atoms with Crippen molar-refractivity contribution >= 4 is 16.9 Å². The summed E-state index contributed by atoms with van der Waals surface area (Å²) >= 11 is 0. The molecule has 0 aliphatic rings. The Morgan fingerprint density at radius 1 is 0.926 bits per heavy atom. The highest BCUT2D eigenvalue weighted by Crippen LogP contribution is 2.26. The molecule has 0 N–H and O–H groups in total. The van der Waals surface area contributed by atoms with Gasteiger partial charge in [0.05, 0.1) is 38.3 Å². The maximum absolute atomic E-state index is 13.1. The lowest BCUT2D eigenvalue weighted by molar-refractivity contribution is -0.132. The molecule has 3 heterocycles. The number of furan rings is 3. The van der Waals surface area contributed by atoms with Crippen LogP contribution in [-0.2, 0) is 24.3 Å². The highest BCUT2D eigenvalue weighted by molar-refractivity contribution is 5.88. The second-order valence-corrected chi connectivity index (χ2v) is 6.78. The highest BCUT2D eigenvalue weighted by Gasteiger charge is 2.20. The minimum atomic E-state index is -0.0104. The molecule has 0 atom stereocenters. The highest BCUT2D eigenvalue weighted by atomic mass is 16.3. The molecule has 5 heteroatoms. The SMILES string of the molecule is Cc1cc2occ(CC(=O)N(Cc3ccco3)Cc3ccco3)c2cc1C. The molecule has 27 heavy (non-hydrogen) atoms. The molecule has 5 nitrogen and oxygen atoms in total. The first-order valence-corrected chi connectivity index (χ1v) is 8.90. The fourth-order valence-electron chi connectivity index (χ4n) is 3.16. The van der Waals surface area contributed by atoms with E-state index in [9.17, 15) is 4.79 Å². The van der Waals surface area contributed by atoms with Gasteiger partial charge < -0.3 is 18.2 Å². The molecule has 0 radical (unpaired) electrons. The molecule has 0 unspecified atom stereocenters. The van der Waals surface area contributed by atoms with Crippen molar-refractivity contribution in [2.75, 3.05) is 0 Å². The van der Waals surface area contributed by atoms with Crippen molar-refractivity contribution in [1.82, 2.24) is 4.90 Å². The number of rotatable bonds is 6. The number of nitrogens with zero attached hydrogens (tertiary/aromatic N) is 1. The Hall–Kier alpha value is -3.21. The van der Waals surface area contributed by atoms with E-state index in [0.29, 0.717) is 13.1 Å². The Kier molecular flexibility index (Phi) is 4.59. The van der Waals surface area contributed by atoms with Crippen LogP contribution in [0, 0.1) is 13.8 Å². The number of amides is 1. The van der Waals surface area contributed by atoms with Crippen LogP contribution in [-0.4, -0.2) is 10.8 Å². The molecule has 0 spiro atoms. The van der Waals surface area contributed by atoms with Crippen LogP contribution in [0.25, 0.3) is 11.0 Å². The molecule has 0 aliphatic carbocycles. The lowest BCUT2D eigenvalue weighted by Crippen LogP contribution is -2.31. The fourth-order valence-corrected chi connectivity index (χ4v) is 3.16. The maximum Gasteiger partial charge on any atom is 0.227 e. The Morgan fingerprint density at radius 2 is 1.56 bits per heavy atom. The zero-order valence-corrected chi connectivity index (χ0v) is 15.4. The van der Waals surface area contributed by atoms with Crippen molar-refractivity contribution in [3.63, 3.8) is 0 Å². The van der Waals surface area contributed by atoms with Gasteiger partial charge in [-0.15, -0.1) is 0 Å². The minimum Gasteiger partial charge on any atom is -0.467 e. The summed E-state index contributed by atoms with van der Waals surface area (Å²) in [4.78, 5) is 14.8. The summed E-state index contributed by atoms with van der Waals surface area (Å²) in [6.07, 6.45) is 5.16. The van der Waals surface area contributed by atoms with Crippen LogP contribution in [0.1, 0.15) is 28.2 Å². The van der Waals surface area contributed by atoms with Gasteiger partial charge in [0.1, 0.15) is 17.1 Å². The number of fused-ring (bicyclic) bond motifs is 1. The lowest BCUT2D eigenvalue weighted by Gasteiger charge is -2.20. The summed E-state index contributed by atoms with van der Waals surface area (Å²) in [5.41, 5.74) is 4.05. The molecule has 138 valence electrons. The molecule has 0 bridgehead atoms. The first-order chi connectivity index (χ1) is 13.1. The van der Waals surface area contributed by atoms with Crippen LogP contribution < -0.4 is 0 Å². The standard InChI is InChI=1S/C22H21NO4/c1-15-9-20-17(14-27-21(20)10-16(15)2)11-22(24)23(12-18-5-3-7-25-18)13-19-6-4-8-26-19/h3-10,14H,11-13H2,1-2H3. The van der Waals surface area contributed by atoms with Crippen LogP contribution in [0.15, 0.2) is 68.4 Å². The molecule has 1 amide bonds. The van der Waals surface area contributed by atoms with Gasteiger partial charge in [0.15, 0.2) is 0 Å². The zero-order chi connectivity index (χ0) is 18.8. The van der Waals surface area contributed by atoms with Crippen molar-refractivity contribution in [1.29, 1.82) is 0 Å². The van der Waals surface area contributed by atoms with E-state index < -0.39 is 0 Å². The van der Waals surface area contributed by atoms with Gasteiger partial charge in [-0.3, -0.25) is 4.79 Å². The monoisotopic (exact) mass is 363 g/mol. The summed E-state index contributed by atoms with van der Waals surface area (Å²) in [5, 5.41) is 0.988. The maximum atomic E-state index is 13.1. The quantitative estimate of drug-likeness (QED) is 0.483. The predicted octanol–water partition coefficient (Wildman–Crippen LogP) is 5.01. The molecular formula is C22H21NO4. The van der Waals surface area contributed by atoms with Crippen LogP contribution >= 0.6 is 0 Å². The predicted molar refractivity (Wildman–Crippen MR) is 101 cm³/mol. The number of benzene rings is 1. The van der Waals surface area contributed by atoms with Crippen LogP contribution in [0.4, 0.5) is 0 Å². The Bertz CT molecular complexity index is 1010. The molecule has 0 saturated carbocycles. The average Bonchev–Trinajstić information content (AvgIpc) is 3.39. The third-order valence-corrected chi connectivity index (χ3v) is 4.82. The minimum absolute atomic E-state index is 0.0104. The molecule has 0 saturated heterocycles. The zero-order valence-electron chi connectivity index (χ0n) is 15.4. The Morgan fingerprint density at radius 3 is 2.15 bits per heavy atom. The number of carbonyl (C=O) groups is 1. The van der Waals surface area contributed by atoms with Crippen LogP contribution in [0.5, 0.6) is 0 Å². The van der Waals surface area contributed by atoms with Gasteiger partial charge in [0.25, 0.3) is 0 Å². The molecule has 4 rings (SSSR count). The van der Waals surface area contributed by atoms with Crippen molar-refractivity contribution < 1.29 is 18.0 Å². The molecule has 0 fully saturated rings. The van der Waals surface area contributed by atoms with E-state index in [1.807, 2.05) is 30.3 Å². The molecular weight excluding hydrogens is 342 g/mol. The van der Waals surface area contributed by atoms with Crippen molar-refractivity contribution in [3.05, 3.63) is 83.4 Å². The number of hydrogen-bond acceptors (Lipinski definition) is 4. The number of aryl methyl sites for hydroxylation is 2. The molecule has 4 aromatic rings. The van der Waals surface area contributed by atoms with Gasteiger partial charge in [-0.05, 0) is 61.4 Å². The van der Waals surface area contributed by atoms with Gasteiger partial charge in [-0.1, -0.05) is 0 Å². The van der Waals surface area contributed by atoms with Gasteiger partial charge >= 0.3 is 0 Å². The second kappa shape index (κ2) is 7.19. The van der Waals surface area contributed by atoms with E-state index in [-0.39, 0.29) is 12.3 Å². The van der Waals surface area contributed by atoms with Gasteiger partial charge in [0, 0.05) is 10.9 Å². The number of hydrogen-bond donors (Lipinski definition) is 0. The molecule has 3 aromatic heterocycles. The third kappa shape index (κ3) is 3.67. The van der Waals surface area contributed by atoms with Crippen molar-refractivity contribution in [3.8, 4) is 0 Å². The summed E-state index contributed by atoms with van der Waals surface area (Å²) in [6, 6.07) is 11.5. The van der Waals surface area contributed by atoms with Crippen LogP contribution in [0.3, 0.4) is 0 Å². The van der Waals surface area contributed by atoms with Gasteiger partial charge in [0.2, 0.25) is 5.91 Å². The van der Waals surface area contributed by atoms with Gasteiger partial charge in [-0.2, -0.15) is 0 Å². The Labute approximate surface area is 157 Å². The first-order valence-electron chi connectivity index (χ1n) is 8.90. The summed E-state index contributed by atoms with van der Waals surface area (Å²) in [5.74, 6) is 1.46. The molecule has 0 aliphatic heterocycles. The van der Waals surface area contributed by atoms with E-state index in [4.69, 9.17) is 13.3 Å².